The van der Waals surface area contributed by atoms with Gasteiger partial charge in [-0.05, 0) is 33.6 Å². The highest BCUT2D eigenvalue weighted by Gasteiger charge is 2.31. The monoisotopic (exact) mass is 348 g/mol. The molecule has 1 saturated carbocycles. The Hall–Kier alpha value is -2.05. The van der Waals surface area contributed by atoms with E-state index in [1.54, 1.807) is 4.90 Å². The van der Waals surface area contributed by atoms with Crippen molar-refractivity contribution < 1.29 is 14.3 Å². The van der Waals surface area contributed by atoms with Gasteiger partial charge in [0.05, 0.1) is 6.54 Å². The minimum atomic E-state index is -0.533. The zero-order chi connectivity index (χ0) is 18.0. The molecule has 1 fully saturated rings. The maximum absolute atomic E-state index is 12.6. The number of aromatic amines is 1. The summed E-state index contributed by atoms with van der Waals surface area (Å²) in [6, 6.07) is 0.235. The van der Waals surface area contributed by atoms with Gasteiger partial charge in [-0.25, -0.2) is 4.79 Å². The predicted octanol–water partition coefficient (Wildman–Crippen LogP) is 2.77. The molecular formula is C18H28N4O3. The number of rotatable bonds is 2. The lowest BCUT2D eigenvalue weighted by atomic mass is 9.95. The van der Waals surface area contributed by atoms with E-state index in [4.69, 9.17) is 4.74 Å². The first-order valence-corrected chi connectivity index (χ1v) is 9.18. The number of hydrogen-bond acceptors (Lipinski definition) is 4. The van der Waals surface area contributed by atoms with Gasteiger partial charge in [0.1, 0.15) is 5.60 Å². The third-order valence-corrected chi connectivity index (χ3v) is 4.74. The Morgan fingerprint density at radius 3 is 2.64 bits per heavy atom. The molecule has 138 valence electrons. The lowest BCUT2D eigenvalue weighted by Gasteiger charge is -2.30. The van der Waals surface area contributed by atoms with E-state index >= 15 is 0 Å². The standard InChI is InChI=1S/C18H28N4O3/c1-18(2,3)25-17(24)22-10-9-14-13(11-22)15(21-20-14)16(23)19-12-7-5-4-6-8-12/h12H,4-11H2,1-3H3,(H,19,23)(H,20,21). The lowest BCUT2D eigenvalue weighted by molar-refractivity contribution is 0.0222. The summed E-state index contributed by atoms with van der Waals surface area (Å²) in [5, 5.41) is 10.3. The molecule has 1 aliphatic heterocycles. The highest BCUT2D eigenvalue weighted by Crippen LogP contribution is 2.23. The predicted molar refractivity (Wildman–Crippen MR) is 93.3 cm³/mol. The molecule has 2 heterocycles. The summed E-state index contributed by atoms with van der Waals surface area (Å²) < 4.78 is 5.45. The first-order chi connectivity index (χ1) is 11.8. The molecule has 0 unspecified atom stereocenters. The number of nitrogens with zero attached hydrogens (tertiary/aromatic N) is 2. The first-order valence-electron chi connectivity index (χ1n) is 9.18. The van der Waals surface area contributed by atoms with Gasteiger partial charge in [-0.2, -0.15) is 5.10 Å². The van der Waals surface area contributed by atoms with Crippen molar-refractivity contribution in [2.75, 3.05) is 6.54 Å². The van der Waals surface area contributed by atoms with Crippen LogP contribution in [0.3, 0.4) is 0 Å². The fourth-order valence-electron chi connectivity index (χ4n) is 3.47. The highest BCUT2D eigenvalue weighted by atomic mass is 16.6. The molecule has 0 atom stereocenters. The van der Waals surface area contributed by atoms with Gasteiger partial charge in [-0.15, -0.1) is 0 Å². The second-order valence-electron chi connectivity index (χ2n) is 7.99. The van der Waals surface area contributed by atoms with E-state index in [0.29, 0.717) is 25.2 Å². The Labute approximate surface area is 148 Å². The molecule has 0 bridgehead atoms. The smallest absolute Gasteiger partial charge is 0.410 e. The topological polar surface area (TPSA) is 87.3 Å². The first kappa shape index (κ1) is 17.8. The van der Waals surface area contributed by atoms with Crippen molar-refractivity contribution in [2.24, 2.45) is 0 Å². The number of nitrogens with one attached hydrogen (secondary N) is 2. The van der Waals surface area contributed by atoms with Crippen LogP contribution in [0, 0.1) is 0 Å². The van der Waals surface area contributed by atoms with Crippen molar-refractivity contribution in [3.8, 4) is 0 Å². The minimum Gasteiger partial charge on any atom is -0.444 e. The molecule has 1 aliphatic carbocycles. The SMILES string of the molecule is CC(C)(C)OC(=O)N1CCc2[nH]nc(C(=O)NC3CCCCC3)c2C1. The summed E-state index contributed by atoms with van der Waals surface area (Å²) >= 11 is 0. The average Bonchev–Trinajstić information content (AvgIpc) is 2.97. The van der Waals surface area contributed by atoms with Crippen LogP contribution in [0.1, 0.15) is 74.6 Å². The molecule has 7 nitrogen and oxygen atoms in total. The number of H-pyrrole nitrogens is 1. The van der Waals surface area contributed by atoms with E-state index in [2.05, 4.69) is 15.5 Å². The normalized spacial score (nSPS) is 18.6. The molecule has 2 N–H and O–H groups in total. The number of carbonyl (C=O) groups excluding carboxylic acids is 2. The highest BCUT2D eigenvalue weighted by molar-refractivity contribution is 5.94. The van der Waals surface area contributed by atoms with Crippen molar-refractivity contribution in [3.05, 3.63) is 17.0 Å². The Bertz CT molecular complexity index is 641. The number of carbonyl (C=O) groups is 2. The fraction of sp³-hybridized carbons (Fsp3) is 0.722. The summed E-state index contributed by atoms with van der Waals surface area (Å²) in [4.78, 5) is 26.6. The van der Waals surface area contributed by atoms with Gasteiger partial charge in [-0.3, -0.25) is 9.89 Å². The zero-order valence-electron chi connectivity index (χ0n) is 15.4. The number of fused-ring (bicyclic) bond motifs is 1. The van der Waals surface area contributed by atoms with Crippen LogP contribution in [-0.2, 0) is 17.7 Å². The van der Waals surface area contributed by atoms with E-state index in [0.717, 1.165) is 36.9 Å². The number of amides is 2. The molecular weight excluding hydrogens is 320 g/mol. The Morgan fingerprint density at radius 2 is 1.96 bits per heavy atom. The van der Waals surface area contributed by atoms with E-state index in [9.17, 15) is 9.59 Å². The second kappa shape index (κ2) is 7.06. The van der Waals surface area contributed by atoms with E-state index in [1.165, 1.54) is 6.42 Å². The fourth-order valence-corrected chi connectivity index (χ4v) is 3.47. The molecule has 1 aromatic heterocycles. The molecule has 2 amide bonds. The van der Waals surface area contributed by atoms with Crippen LogP contribution in [0.5, 0.6) is 0 Å². The van der Waals surface area contributed by atoms with Crippen LogP contribution in [0.4, 0.5) is 4.79 Å². The van der Waals surface area contributed by atoms with E-state index in [1.807, 2.05) is 20.8 Å². The van der Waals surface area contributed by atoms with Crippen LogP contribution >= 0.6 is 0 Å². The maximum Gasteiger partial charge on any atom is 0.410 e. The molecule has 0 spiro atoms. The molecule has 0 aromatic carbocycles. The number of ether oxygens (including phenoxy) is 1. The Balaban J connectivity index is 1.68. The van der Waals surface area contributed by atoms with Crippen LogP contribution < -0.4 is 5.32 Å². The minimum absolute atomic E-state index is 0.143. The van der Waals surface area contributed by atoms with Gasteiger partial charge in [0, 0.05) is 30.3 Å². The largest absolute Gasteiger partial charge is 0.444 e. The Morgan fingerprint density at radius 1 is 1.24 bits per heavy atom. The average molecular weight is 348 g/mol. The summed E-state index contributed by atoms with van der Waals surface area (Å²) in [7, 11) is 0. The van der Waals surface area contributed by atoms with Crippen molar-refractivity contribution in [1.82, 2.24) is 20.4 Å². The van der Waals surface area contributed by atoms with Crippen LogP contribution in [-0.4, -0.2) is 45.3 Å². The number of aromatic nitrogens is 2. The summed E-state index contributed by atoms with van der Waals surface area (Å²) in [6.45, 7) is 6.46. The van der Waals surface area contributed by atoms with Crippen LogP contribution in [0.15, 0.2) is 0 Å². The van der Waals surface area contributed by atoms with Crippen LogP contribution in [0.25, 0.3) is 0 Å². The van der Waals surface area contributed by atoms with Gasteiger partial charge in [0.25, 0.3) is 5.91 Å². The summed E-state index contributed by atoms with van der Waals surface area (Å²) in [5.74, 6) is -0.143. The van der Waals surface area contributed by atoms with E-state index in [-0.39, 0.29) is 18.0 Å². The van der Waals surface area contributed by atoms with E-state index < -0.39 is 5.60 Å². The quantitative estimate of drug-likeness (QED) is 0.860. The van der Waals surface area contributed by atoms with Gasteiger partial charge in [0.15, 0.2) is 5.69 Å². The molecule has 2 aliphatic rings. The molecule has 1 aromatic rings. The molecule has 3 rings (SSSR count). The van der Waals surface area contributed by atoms with Crippen molar-refractivity contribution in [2.45, 2.75) is 77.5 Å². The molecule has 0 saturated heterocycles. The van der Waals surface area contributed by atoms with Gasteiger partial charge in [-0.1, -0.05) is 19.3 Å². The Kier molecular flexibility index (Phi) is 5.01. The third kappa shape index (κ3) is 4.32. The molecule has 7 heteroatoms. The lowest BCUT2D eigenvalue weighted by Crippen LogP contribution is -2.41. The summed E-state index contributed by atoms with van der Waals surface area (Å²) in [6.07, 6.45) is 5.93. The second-order valence-corrected chi connectivity index (χ2v) is 7.99. The number of hydrogen-bond donors (Lipinski definition) is 2. The van der Waals surface area contributed by atoms with Crippen LogP contribution in [0.2, 0.25) is 0 Å². The third-order valence-electron chi connectivity index (χ3n) is 4.74. The zero-order valence-corrected chi connectivity index (χ0v) is 15.4. The van der Waals surface area contributed by atoms with Crippen molar-refractivity contribution in [3.63, 3.8) is 0 Å². The van der Waals surface area contributed by atoms with Gasteiger partial charge < -0.3 is 15.0 Å². The summed E-state index contributed by atoms with van der Waals surface area (Å²) in [5.41, 5.74) is 1.63. The van der Waals surface area contributed by atoms with Crippen molar-refractivity contribution in [1.29, 1.82) is 0 Å². The maximum atomic E-state index is 12.6. The van der Waals surface area contributed by atoms with Gasteiger partial charge in [0.2, 0.25) is 0 Å². The van der Waals surface area contributed by atoms with Gasteiger partial charge >= 0.3 is 6.09 Å². The molecule has 25 heavy (non-hydrogen) atoms. The molecule has 0 radical (unpaired) electrons. The van der Waals surface area contributed by atoms with Crippen molar-refractivity contribution >= 4 is 12.0 Å².